The summed E-state index contributed by atoms with van der Waals surface area (Å²) >= 11 is 0. The van der Waals surface area contributed by atoms with Gasteiger partial charge in [-0.25, -0.2) is 0 Å². The fourth-order valence-electron chi connectivity index (χ4n) is 3.31. The summed E-state index contributed by atoms with van der Waals surface area (Å²) in [5.74, 6) is 0.231. The molecule has 2 aliphatic rings. The minimum atomic E-state index is -0.188. The first-order valence-corrected chi connectivity index (χ1v) is 6.51. The smallest absolute Gasteiger partial charge is 0.0935 e. The molecular weight excluding hydrogens is 205 g/mol. The zero-order valence-electron chi connectivity index (χ0n) is 10.5. The summed E-state index contributed by atoms with van der Waals surface area (Å²) in [5, 5.41) is 9.79. The van der Waals surface area contributed by atoms with Crippen LogP contribution in [0.15, 0.2) is 0 Å². The number of hydrogen-bond donors (Lipinski definition) is 1. The topological polar surface area (TPSA) is 23.5 Å². The Morgan fingerprint density at radius 1 is 1.38 bits per heavy atom. The van der Waals surface area contributed by atoms with Gasteiger partial charge in [-0.1, -0.05) is 13.8 Å². The first kappa shape index (κ1) is 12.3. The van der Waals surface area contributed by atoms with Crippen molar-refractivity contribution < 1.29 is 9.50 Å². The van der Waals surface area contributed by atoms with E-state index in [4.69, 9.17) is 0 Å². The summed E-state index contributed by atoms with van der Waals surface area (Å²) in [6.07, 6.45) is 3.70. The summed E-state index contributed by atoms with van der Waals surface area (Å²) in [6, 6.07) is 0.438. The summed E-state index contributed by atoms with van der Waals surface area (Å²) in [4.78, 5) is 2.41. The highest BCUT2D eigenvalue weighted by Gasteiger charge is 2.41. The Balaban J connectivity index is 2.01. The maximum atomic E-state index is 12.6. The average molecular weight is 229 g/mol. The minimum Gasteiger partial charge on any atom is -0.393 e. The molecule has 1 heterocycles. The normalized spacial score (nSPS) is 40.1. The van der Waals surface area contributed by atoms with Gasteiger partial charge in [0.1, 0.15) is 0 Å². The quantitative estimate of drug-likeness (QED) is 0.785. The summed E-state index contributed by atoms with van der Waals surface area (Å²) in [6.45, 7) is 6.28. The van der Waals surface area contributed by atoms with Crippen LogP contribution in [0.3, 0.4) is 0 Å². The van der Waals surface area contributed by atoms with Crippen LogP contribution in [0.2, 0.25) is 0 Å². The van der Waals surface area contributed by atoms with Crippen LogP contribution < -0.4 is 0 Å². The van der Waals surface area contributed by atoms with Crippen molar-refractivity contribution in [3.05, 3.63) is 0 Å². The molecular formula is C13H24FNO. The number of hydrogen-bond acceptors (Lipinski definition) is 2. The fraction of sp³-hybridized carbons (Fsp3) is 1.00. The molecule has 0 spiro atoms. The second-order valence-corrected chi connectivity index (χ2v) is 6.24. The zero-order chi connectivity index (χ0) is 11.8. The van der Waals surface area contributed by atoms with Gasteiger partial charge in [0, 0.05) is 18.5 Å². The zero-order valence-corrected chi connectivity index (χ0v) is 10.5. The Morgan fingerprint density at radius 3 is 2.75 bits per heavy atom. The van der Waals surface area contributed by atoms with E-state index in [0.717, 1.165) is 38.8 Å². The standard InChI is InChI=1S/C13H24FNO/c1-13(2)5-3-11(16)7-12(13)15-6-4-10(8-14)9-15/h10-12,16H,3-9H2,1-2H3. The molecule has 0 aromatic carbocycles. The predicted molar refractivity (Wildman–Crippen MR) is 63.1 cm³/mol. The third-order valence-electron chi connectivity index (χ3n) is 4.50. The number of nitrogens with zero attached hydrogens (tertiary/aromatic N) is 1. The molecule has 2 fully saturated rings. The lowest BCUT2D eigenvalue weighted by Gasteiger charge is -2.45. The van der Waals surface area contributed by atoms with Crippen molar-refractivity contribution in [2.24, 2.45) is 11.3 Å². The van der Waals surface area contributed by atoms with Crippen LogP contribution in [0.25, 0.3) is 0 Å². The molecule has 3 heteroatoms. The van der Waals surface area contributed by atoms with E-state index in [1.165, 1.54) is 0 Å². The monoisotopic (exact) mass is 229 g/mol. The predicted octanol–water partition coefficient (Wildman–Crippen LogP) is 2.22. The summed E-state index contributed by atoms with van der Waals surface area (Å²) in [5.41, 5.74) is 0.268. The van der Waals surface area contributed by atoms with Gasteiger partial charge in [0.05, 0.1) is 12.8 Å². The molecule has 3 atom stereocenters. The molecule has 0 aromatic heterocycles. The molecule has 0 aromatic rings. The molecule has 1 aliphatic carbocycles. The number of halogens is 1. The molecule has 16 heavy (non-hydrogen) atoms. The average Bonchev–Trinajstić information content (AvgIpc) is 2.70. The maximum absolute atomic E-state index is 12.6. The third kappa shape index (κ3) is 2.40. The first-order chi connectivity index (χ1) is 7.53. The second-order valence-electron chi connectivity index (χ2n) is 6.24. The van der Waals surface area contributed by atoms with E-state index in [1.54, 1.807) is 0 Å². The Kier molecular flexibility index (Phi) is 3.55. The molecule has 2 rings (SSSR count). The minimum absolute atomic E-state index is 0.151. The van der Waals surface area contributed by atoms with Gasteiger partial charge in [0.15, 0.2) is 0 Å². The van der Waals surface area contributed by atoms with Gasteiger partial charge in [0.25, 0.3) is 0 Å². The van der Waals surface area contributed by atoms with Gasteiger partial charge >= 0.3 is 0 Å². The van der Waals surface area contributed by atoms with Crippen LogP contribution in [-0.4, -0.2) is 41.9 Å². The van der Waals surface area contributed by atoms with E-state index in [0.29, 0.717) is 6.04 Å². The van der Waals surface area contributed by atoms with Crippen LogP contribution in [0.1, 0.15) is 39.5 Å². The molecule has 0 amide bonds. The Labute approximate surface area is 97.8 Å². The highest BCUT2D eigenvalue weighted by atomic mass is 19.1. The molecule has 1 saturated heterocycles. The van der Waals surface area contributed by atoms with E-state index < -0.39 is 0 Å². The van der Waals surface area contributed by atoms with Crippen molar-refractivity contribution >= 4 is 0 Å². The third-order valence-corrected chi connectivity index (χ3v) is 4.50. The number of likely N-dealkylation sites (tertiary alicyclic amines) is 1. The first-order valence-electron chi connectivity index (χ1n) is 6.51. The number of rotatable bonds is 2. The molecule has 94 valence electrons. The van der Waals surface area contributed by atoms with Gasteiger partial charge in [-0.15, -0.1) is 0 Å². The number of aliphatic hydroxyl groups is 1. The van der Waals surface area contributed by atoms with Gasteiger partial charge < -0.3 is 5.11 Å². The molecule has 3 unspecified atom stereocenters. The Hall–Kier alpha value is -0.150. The van der Waals surface area contributed by atoms with Crippen LogP contribution in [0.4, 0.5) is 4.39 Å². The second kappa shape index (κ2) is 4.61. The molecule has 0 bridgehead atoms. The highest BCUT2D eigenvalue weighted by molar-refractivity contribution is 4.95. The fourth-order valence-corrected chi connectivity index (χ4v) is 3.31. The summed E-state index contributed by atoms with van der Waals surface area (Å²) in [7, 11) is 0. The van der Waals surface area contributed by atoms with Crippen molar-refractivity contribution in [1.29, 1.82) is 0 Å². The van der Waals surface area contributed by atoms with Gasteiger partial charge in [-0.2, -0.15) is 0 Å². The van der Waals surface area contributed by atoms with Crippen molar-refractivity contribution in [2.75, 3.05) is 19.8 Å². The lowest BCUT2D eigenvalue weighted by atomic mass is 9.71. The maximum Gasteiger partial charge on any atom is 0.0935 e. The lowest BCUT2D eigenvalue weighted by molar-refractivity contribution is -0.00381. The van der Waals surface area contributed by atoms with E-state index >= 15 is 0 Å². The molecule has 2 nitrogen and oxygen atoms in total. The lowest BCUT2D eigenvalue weighted by Crippen LogP contribution is -2.49. The largest absolute Gasteiger partial charge is 0.393 e. The van der Waals surface area contributed by atoms with Crippen LogP contribution >= 0.6 is 0 Å². The van der Waals surface area contributed by atoms with Gasteiger partial charge in [-0.05, 0) is 37.6 Å². The van der Waals surface area contributed by atoms with Crippen LogP contribution in [0.5, 0.6) is 0 Å². The van der Waals surface area contributed by atoms with Gasteiger partial charge in [0.2, 0.25) is 0 Å². The highest BCUT2D eigenvalue weighted by Crippen LogP contribution is 2.40. The van der Waals surface area contributed by atoms with Crippen molar-refractivity contribution in [1.82, 2.24) is 4.90 Å². The van der Waals surface area contributed by atoms with E-state index in [9.17, 15) is 9.50 Å². The Morgan fingerprint density at radius 2 is 2.12 bits per heavy atom. The van der Waals surface area contributed by atoms with Crippen LogP contribution in [-0.2, 0) is 0 Å². The molecule has 1 N–H and O–H groups in total. The van der Waals surface area contributed by atoms with Crippen molar-refractivity contribution in [3.8, 4) is 0 Å². The van der Waals surface area contributed by atoms with E-state index in [1.807, 2.05) is 0 Å². The number of alkyl halides is 1. The van der Waals surface area contributed by atoms with E-state index in [-0.39, 0.29) is 24.1 Å². The summed E-state index contributed by atoms with van der Waals surface area (Å²) < 4.78 is 12.6. The van der Waals surface area contributed by atoms with Crippen molar-refractivity contribution in [2.45, 2.75) is 51.7 Å². The van der Waals surface area contributed by atoms with Crippen molar-refractivity contribution in [3.63, 3.8) is 0 Å². The SMILES string of the molecule is CC1(C)CCC(O)CC1N1CCC(CF)C1. The molecule has 0 radical (unpaired) electrons. The van der Waals surface area contributed by atoms with E-state index in [2.05, 4.69) is 18.7 Å². The van der Waals surface area contributed by atoms with Crippen LogP contribution in [0, 0.1) is 11.3 Å². The Bertz CT molecular complexity index is 244. The van der Waals surface area contributed by atoms with Gasteiger partial charge in [-0.3, -0.25) is 9.29 Å². The molecule has 1 aliphatic heterocycles. The molecule has 1 saturated carbocycles. The number of aliphatic hydroxyl groups excluding tert-OH is 1.